The first-order valence-electron chi connectivity index (χ1n) is 6.36. The molecule has 19 heavy (non-hydrogen) atoms. The Hall–Kier alpha value is -1.88. The molecule has 2 rings (SSSR count). The van der Waals surface area contributed by atoms with Gasteiger partial charge in [-0.3, -0.25) is 9.59 Å². The maximum atomic E-state index is 12.1. The fourth-order valence-corrected chi connectivity index (χ4v) is 2.20. The molecule has 1 aromatic rings. The summed E-state index contributed by atoms with van der Waals surface area (Å²) >= 11 is 0. The molecule has 1 atom stereocenters. The molecule has 0 aromatic heterocycles. The lowest BCUT2D eigenvalue weighted by Crippen LogP contribution is -2.55. The average molecular weight is 262 g/mol. The van der Waals surface area contributed by atoms with Gasteiger partial charge in [0.1, 0.15) is 0 Å². The Bertz CT molecular complexity index is 470. The largest absolute Gasteiger partial charge is 0.481 e. The predicted molar refractivity (Wildman–Crippen MR) is 70.6 cm³/mol. The van der Waals surface area contributed by atoms with Crippen molar-refractivity contribution in [2.75, 3.05) is 13.1 Å². The van der Waals surface area contributed by atoms with Crippen LogP contribution in [0.2, 0.25) is 0 Å². The van der Waals surface area contributed by atoms with Gasteiger partial charge in [-0.1, -0.05) is 29.8 Å². The van der Waals surface area contributed by atoms with Crippen LogP contribution in [0.3, 0.4) is 0 Å². The van der Waals surface area contributed by atoms with Gasteiger partial charge in [0.2, 0.25) is 5.91 Å². The smallest absolute Gasteiger partial charge is 0.305 e. The Kier molecular flexibility index (Phi) is 4.16. The van der Waals surface area contributed by atoms with Crippen molar-refractivity contribution in [1.29, 1.82) is 0 Å². The standard InChI is InChI=1S/C14H18N2O3/c1-10-2-4-11(5-3-10)9-16-7-6-15-12(14(16)19)8-13(17)18/h2-5,12,15H,6-9H2,1H3,(H,17,18). The molecule has 2 N–H and O–H groups in total. The zero-order valence-electron chi connectivity index (χ0n) is 10.9. The second-order valence-corrected chi connectivity index (χ2v) is 4.85. The van der Waals surface area contributed by atoms with Crippen molar-refractivity contribution in [3.05, 3.63) is 35.4 Å². The second kappa shape index (κ2) is 5.84. The van der Waals surface area contributed by atoms with E-state index < -0.39 is 12.0 Å². The van der Waals surface area contributed by atoms with E-state index in [0.29, 0.717) is 19.6 Å². The molecule has 1 saturated heterocycles. The molecule has 5 heteroatoms. The maximum absolute atomic E-state index is 12.1. The molecule has 0 radical (unpaired) electrons. The van der Waals surface area contributed by atoms with Gasteiger partial charge in [0, 0.05) is 19.6 Å². The lowest BCUT2D eigenvalue weighted by Gasteiger charge is -2.32. The fraction of sp³-hybridized carbons (Fsp3) is 0.429. The Balaban J connectivity index is 2.01. The Morgan fingerprint density at radius 2 is 2.11 bits per heavy atom. The zero-order valence-corrected chi connectivity index (χ0v) is 10.9. The number of carbonyl (C=O) groups excluding carboxylic acids is 1. The minimum atomic E-state index is -0.956. The van der Waals surface area contributed by atoms with Crippen LogP contribution in [0.5, 0.6) is 0 Å². The molecule has 1 unspecified atom stereocenters. The van der Waals surface area contributed by atoms with E-state index in [9.17, 15) is 9.59 Å². The third kappa shape index (κ3) is 3.54. The maximum Gasteiger partial charge on any atom is 0.305 e. The van der Waals surface area contributed by atoms with Gasteiger partial charge in [0.25, 0.3) is 0 Å². The number of rotatable bonds is 4. The van der Waals surface area contributed by atoms with Crippen LogP contribution in [0.4, 0.5) is 0 Å². The molecule has 5 nitrogen and oxygen atoms in total. The molecule has 102 valence electrons. The van der Waals surface area contributed by atoms with Crippen LogP contribution in [0.15, 0.2) is 24.3 Å². The summed E-state index contributed by atoms with van der Waals surface area (Å²) in [5.41, 5.74) is 2.24. The van der Waals surface area contributed by atoms with Gasteiger partial charge in [-0.05, 0) is 12.5 Å². The highest BCUT2D eigenvalue weighted by Crippen LogP contribution is 2.11. The molecule has 1 aliphatic rings. The molecule has 0 saturated carbocycles. The Morgan fingerprint density at radius 3 is 2.74 bits per heavy atom. The van der Waals surface area contributed by atoms with Crippen LogP contribution in [0, 0.1) is 6.92 Å². The monoisotopic (exact) mass is 262 g/mol. The van der Waals surface area contributed by atoms with Gasteiger partial charge in [0.15, 0.2) is 0 Å². The zero-order chi connectivity index (χ0) is 13.8. The lowest BCUT2D eigenvalue weighted by atomic mass is 10.1. The highest BCUT2D eigenvalue weighted by molar-refractivity contribution is 5.86. The third-order valence-electron chi connectivity index (χ3n) is 3.26. The summed E-state index contributed by atoms with van der Waals surface area (Å²) in [5.74, 6) is -1.09. The number of aliphatic carboxylic acids is 1. The number of nitrogens with zero attached hydrogens (tertiary/aromatic N) is 1. The van der Waals surface area contributed by atoms with Crippen LogP contribution >= 0.6 is 0 Å². The number of hydrogen-bond donors (Lipinski definition) is 2. The number of nitrogens with one attached hydrogen (secondary N) is 1. The Morgan fingerprint density at radius 1 is 1.42 bits per heavy atom. The van der Waals surface area contributed by atoms with Gasteiger partial charge >= 0.3 is 5.97 Å². The van der Waals surface area contributed by atoms with E-state index in [2.05, 4.69) is 5.32 Å². The summed E-state index contributed by atoms with van der Waals surface area (Å²) in [6.45, 7) is 3.80. The number of hydrogen-bond acceptors (Lipinski definition) is 3. The van der Waals surface area contributed by atoms with E-state index in [-0.39, 0.29) is 12.3 Å². The van der Waals surface area contributed by atoms with E-state index >= 15 is 0 Å². The van der Waals surface area contributed by atoms with Gasteiger partial charge in [0.05, 0.1) is 12.5 Å². The molecular weight excluding hydrogens is 244 g/mol. The summed E-state index contributed by atoms with van der Waals surface area (Å²) in [7, 11) is 0. The van der Waals surface area contributed by atoms with Crippen LogP contribution < -0.4 is 5.32 Å². The molecule has 1 aliphatic heterocycles. The molecule has 1 heterocycles. The summed E-state index contributed by atoms with van der Waals surface area (Å²) in [4.78, 5) is 24.6. The van der Waals surface area contributed by atoms with Gasteiger partial charge in [-0.15, -0.1) is 0 Å². The normalized spacial score (nSPS) is 19.5. The molecule has 0 aliphatic carbocycles. The molecule has 0 spiro atoms. The van der Waals surface area contributed by atoms with E-state index in [1.165, 1.54) is 5.56 Å². The first kappa shape index (κ1) is 13.5. The van der Waals surface area contributed by atoms with Crippen molar-refractivity contribution < 1.29 is 14.7 Å². The average Bonchev–Trinajstić information content (AvgIpc) is 2.36. The lowest BCUT2D eigenvalue weighted by molar-refractivity contribution is -0.144. The summed E-state index contributed by atoms with van der Waals surface area (Å²) in [6, 6.07) is 7.41. The highest BCUT2D eigenvalue weighted by Gasteiger charge is 2.29. The van der Waals surface area contributed by atoms with Gasteiger partial charge in [-0.25, -0.2) is 0 Å². The molecule has 1 aromatic carbocycles. The van der Waals surface area contributed by atoms with Crippen molar-refractivity contribution in [2.24, 2.45) is 0 Å². The van der Waals surface area contributed by atoms with Gasteiger partial charge in [-0.2, -0.15) is 0 Å². The molecule has 1 fully saturated rings. The van der Waals surface area contributed by atoms with Gasteiger partial charge < -0.3 is 15.3 Å². The first-order valence-corrected chi connectivity index (χ1v) is 6.36. The molecule has 0 bridgehead atoms. The van der Waals surface area contributed by atoms with E-state index in [1.807, 2.05) is 31.2 Å². The van der Waals surface area contributed by atoms with Crippen LogP contribution in [-0.2, 0) is 16.1 Å². The summed E-state index contributed by atoms with van der Waals surface area (Å²) in [5, 5.41) is 11.7. The number of carbonyl (C=O) groups is 2. The van der Waals surface area contributed by atoms with Crippen molar-refractivity contribution in [3.8, 4) is 0 Å². The van der Waals surface area contributed by atoms with Crippen molar-refractivity contribution in [3.63, 3.8) is 0 Å². The van der Waals surface area contributed by atoms with Crippen LogP contribution in [-0.4, -0.2) is 41.0 Å². The molecular formula is C14H18N2O3. The number of amides is 1. The number of benzene rings is 1. The fourth-order valence-electron chi connectivity index (χ4n) is 2.20. The van der Waals surface area contributed by atoms with Crippen LogP contribution in [0.25, 0.3) is 0 Å². The first-order chi connectivity index (χ1) is 9.06. The van der Waals surface area contributed by atoms with E-state index in [1.54, 1.807) is 4.90 Å². The number of aryl methyl sites for hydroxylation is 1. The quantitative estimate of drug-likeness (QED) is 0.841. The minimum absolute atomic E-state index is 0.130. The van der Waals surface area contributed by atoms with Crippen molar-refractivity contribution in [2.45, 2.75) is 25.9 Å². The second-order valence-electron chi connectivity index (χ2n) is 4.85. The minimum Gasteiger partial charge on any atom is -0.481 e. The third-order valence-corrected chi connectivity index (χ3v) is 3.26. The number of piperazine rings is 1. The summed E-state index contributed by atoms with van der Waals surface area (Å²) in [6.07, 6.45) is -0.163. The van der Waals surface area contributed by atoms with Crippen LogP contribution in [0.1, 0.15) is 17.5 Å². The predicted octanol–water partition coefficient (Wildman–Crippen LogP) is 0.770. The molecule has 1 amide bonds. The summed E-state index contributed by atoms with van der Waals surface area (Å²) < 4.78 is 0. The topological polar surface area (TPSA) is 69.6 Å². The number of carboxylic acid groups (broad SMARTS) is 1. The highest BCUT2D eigenvalue weighted by atomic mass is 16.4. The number of carboxylic acids is 1. The Labute approximate surface area is 112 Å². The van der Waals surface area contributed by atoms with E-state index in [0.717, 1.165) is 5.56 Å². The SMILES string of the molecule is Cc1ccc(CN2CCNC(CC(=O)O)C2=O)cc1. The van der Waals surface area contributed by atoms with E-state index in [4.69, 9.17) is 5.11 Å². The van der Waals surface area contributed by atoms with Crippen molar-refractivity contribution in [1.82, 2.24) is 10.2 Å². The van der Waals surface area contributed by atoms with Crippen molar-refractivity contribution >= 4 is 11.9 Å².